The van der Waals surface area contributed by atoms with Crippen LogP contribution in [0, 0.1) is 0 Å². The van der Waals surface area contributed by atoms with Crippen molar-refractivity contribution in [3.8, 4) is 23.0 Å². The third-order valence-corrected chi connectivity index (χ3v) is 9.76. The number of Topliss-reactive ketones (excluding diaryl/α,β-unsaturated/α-hetero) is 2. The molecule has 0 spiro atoms. The molecule has 0 bridgehead atoms. The van der Waals surface area contributed by atoms with Gasteiger partial charge in [-0.15, -0.1) is 11.8 Å². The van der Waals surface area contributed by atoms with Crippen LogP contribution in [0.15, 0.2) is 92.1 Å². The second kappa shape index (κ2) is 15.4. The molecule has 5 rings (SSSR count). The molecule has 0 saturated heterocycles. The predicted molar refractivity (Wildman–Crippen MR) is 180 cm³/mol. The van der Waals surface area contributed by atoms with Crippen molar-refractivity contribution >= 4 is 44.6 Å². The zero-order valence-corrected chi connectivity index (χ0v) is 28.2. The number of carbonyl (C=O) groups is 2. The first-order valence-corrected chi connectivity index (χ1v) is 17.6. The molecule has 0 radical (unpaired) electrons. The van der Waals surface area contributed by atoms with Crippen LogP contribution in [-0.4, -0.2) is 81.9 Å². The fourth-order valence-electron chi connectivity index (χ4n) is 5.05. The van der Waals surface area contributed by atoms with Gasteiger partial charge in [-0.1, -0.05) is 38.7 Å². The summed E-state index contributed by atoms with van der Waals surface area (Å²) in [5, 5.41) is 0. The molecule has 2 aromatic carbocycles. The number of allylic oxidation sites excluding steroid dienone is 3. The van der Waals surface area contributed by atoms with Gasteiger partial charge in [-0.05, 0) is 44.2 Å². The summed E-state index contributed by atoms with van der Waals surface area (Å²) >= 11 is 1.38. The van der Waals surface area contributed by atoms with Crippen molar-refractivity contribution in [3.05, 3.63) is 72.4 Å². The molecule has 0 saturated carbocycles. The number of aliphatic imine (C=N–C) groups is 2. The summed E-state index contributed by atoms with van der Waals surface area (Å²) < 4.78 is 49.7. The molecule has 0 fully saturated rings. The number of benzene rings is 2. The Kier molecular flexibility index (Phi) is 11.6. The first kappa shape index (κ1) is 34.7. The van der Waals surface area contributed by atoms with Gasteiger partial charge in [-0.3, -0.25) is 19.6 Å². The number of ketones is 2. The number of nitrogens with zero attached hydrogens (tertiary/aromatic N) is 2. The third kappa shape index (κ3) is 7.28. The minimum absolute atomic E-state index is 0.0000885. The van der Waals surface area contributed by atoms with E-state index in [9.17, 15) is 18.0 Å². The lowest BCUT2D eigenvalue weighted by molar-refractivity contribution is -0.124. The molecular formula is C34H38N2O8S2. The van der Waals surface area contributed by atoms with Crippen LogP contribution in [0.1, 0.15) is 27.7 Å². The molecule has 3 aliphatic rings. The molecule has 2 heterocycles. The average molecular weight is 667 g/mol. The SMILES string of the molecule is C=CC1=C(/C=C\C)C(=O)C2N=C(CS(=O)(=O)c3ccc(OC)c(OCC)c3)C(CSc3ccc4c(c3)OCCO4)=NC2C1=O.CC. The van der Waals surface area contributed by atoms with E-state index in [1.807, 2.05) is 32.0 Å². The van der Waals surface area contributed by atoms with E-state index in [1.165, 1.54) is 43.1 Å². The highest BCUT2D eigenvalue weighted by molar-refractivity contribution is 8.00. The normalized spacial score (nSPS) is 19.1. The van der Waals surface area contributed by atoms with Gasteiger partial charge in [-0.25, -0.2) is 8.42 Å². The fraction of sp³-hybridized carbons (Fsp3) is 0.353. The quantitative estimate of drug-likeness (QED) is 0.293. The van der Waals surface area contributed by atoms with E-state index in [-0.39, 0.29) is 39.0 Å². The molecule has 0 aromatic heterocycles. The monoisotopic (exact) mass is 666 g/mol. The maximum atomic E-state index is 13.8. The van der Waals surface area contributed by atoms with Crippen LogP contribution in [0.25, 0.3) is 0 Å². The van der Waals surface area contributed by atoms with Crippen molar-refractivity contribution in [2.45, 2.75) is 49.6 Å². The van der Waals surface area contributed by atoms with Crippen molar-refractivity contribution in [2.75, 3.05) is 38.4 Å². The summed E-state index contributed by atoms with van der Waals surface area (Å²) in [5.41, 5.74) is 0.783. The van der Waals surface area contributed by atoms with Gasteiger partial charge >= 0.3 is 0 Å². The van der Waals surface area contributed by atoms with Crippen LogP contribution in [-0.2, 0) is 19.4 Å². The molecule has 2 aliphatic heterocycles. The average Bonchev–Trinajstić information content (AvgIpc) is 3.07. The highest BCUT2D eigenvalue weighted by Crippen LogP contribution is 2.36. The van der Waals surface area contributed by atoms with Gasteiger partial charge < -0.3 is 18.9 Å². The van der Waals surface area contributed by atoms with Gasteiger partial charge in [0, 0.05) is 27.9 Å². The van der Waals surface area contributed by atoms with E-state index in [0.29, 0.717) is 42.8 Å². The first-order valence-electron chi connectivity index (χ1n) is 15.0. The number of sulfone groups is 1. The summed E-state index contributed by atoms with van der Waals surface area (Å²) in [5.74, 6) is 0.797. The summed E-state index contributed by atoms with van der Waals surface area (Å²) in [4.78, 5) is 37.2. The number of carbonyl (C=O) groups excluding carboxylic acids is 2. The van der Waals surface area contributed by atoms with E-state index >= 15 is 0 Å². The molecule has 10 nitrogen and oxygen atoms in total. The summed E-state index contributed by atoms with van der Waals surface area (Å²) in [7, 11) is -2.52. The Morgan fingerprint density at radius 1 is 0.957 bits per heavy atom. The van der Waals surface area contributed by atoms with Gasteiger partial charge in [-0.2, -0.15) is 0 Å². The third-order valence-electron chi connectivity index (χ3n) is 7.13. The van der Waals surface area contributed by atoms with Crippen molar-refractivity contribution in [1.29, 1.82) is 0 Å². The molecule has 0 amide bonds. The second-order valence-corrected chi connectivity index (χ2v) is 12.9. The molecule has 46 heavy (non-hydrogen) atoms. The van der Waals surface area contributed by atoms with Crippen LogP contribution >= 0.6 is 11.8 Å². The lowest BCUT2D eigenvalue weighted by atomic mass is 9.81. The van der Waals surface area contributed by atoms with Gasteiger partial charge in [0.25, 0.3) is 0 Å². The zero-order valence-electron chi connectivity index (χ0n) is 26.6. The van der Waals surface area contributed by atoms with Crippen molar-refractivity contribution in [1.82, 2.24) is 0 Å². The smallest absolute Gasteiger partial charge is 0.190 e. The minimum Gasteiger partial charge on any atom is -0.493 e. The molecule has 2 aromatic rings. The topological polar surface area (TPSA) is 130 Å². The second-order valence-electron chi connectivity index (χ2n) is 9.90. The Morgan fingerprint density at radius 2 is 1.63 bits per heavy atom. The molecular weight excluding hydrogens is 629 g/mol. The van der Waals surface area contributed by atoms with E-state index in [1.54, 1.807) is 26.0 Å². The summed E-state index contributed by atoms with van der Waals surface area (Å²) in [6, 6.07) is 7.58. The van der Waals surface area contributed by atoms with Gasteiger partial charge in [0.05, 0.1) is 35.8 Å². The predicted octanol–water partition coefficient (Wildman–Crippen LogP) is 5.30. The standard InChI is InChI=1S/C32H32N2O8S2.C2H6/c1-5-8-22-21(6-2)31(35)29-30(32(22)36)34-24(18-44(37,38)20-10-12-25(39-4)28(16-20)40-7-3)23(33-29)17-43-19-9-11-26-27(15-19)42-14-13-41-26;1-2/h5-6,8-12,15-16,29-30H,2,7,13-14,17-18H2,1,3-4H3;1-2H3/b8-5-;. The molecule has 2 unspecified atom stereocenters. The minimum atomic E-state index is -3.99. The Labute approximate surface area is 274 Å². The molecule has 2 atom stereocenters. The maximum absolute atomic E-state index is 13.8. The van der Waals surface area contributed by atoms with Gasteiger partial charge in [0.2, 0.25) is 0 Å². The number of hydrogen-bond donors (Lipinski definition) is 0. The van der Waals surface area contributed by atoms with E-state index in [2.05, 4.69) is 16.6 Å². The molecule has 244 valence electrons. The van der Waals surface area contributed by atoms with Gasteiger partial charge in [0.1, 0.15) is 25.3 Å². The van der Waals surface area contributed by atoms with Crippen molar-refractivity contribution < 1.29 is 37.0 Å². The van der Waals surface area contributed by atoms with Crippen LogP contribution in [0.2, 0.25) is 0 Å². The Bertz CT molecular complexity index is 1740. The Balaban J connectivity index is 0.00000235. The molecule has 1 aliphatic carbocycles. The lowest BCUT2D eigenvalue weighted by Gasteiger charge is -2.31. The van der Waals surface area contributed by atoms with Crippen LogP contribution < -0.4 is 18.9 Å². The highest BCUT2D eigenvalue weighted by atomic mass is 32.2. The zero-order chi connectivity index (χ0) is 33.4. The number of fused-ring (bicyclic) bond motifs is 2. The molecule has 12 heteroatoms. The largest absolute Gasteiger partial charge is 0.493 e. The first-order chi connectivity index (χ1) is 22.2. The Hall–Kier alpha value is -4.16. The van der Waals surface area contributed by atoms with E-state index < -0.39 is 33.5 Å². The number of hydrogen-bond acceptors (Lipinski definition) is 11. The lowest BCUT2D eigenvalue weighted by Crippen LogP contribution is -2.48. The van der Waals surface area contributed by atoms with Gasteiger partial charge in [0.15, 0.2) is 44.4 Å². The van der Waals surface area contributed by atoms with Crippen LogP contribution in [0.4, 0.5) is 0 Å². The maximum Gasteiger partial charge on any atom is 0.190 e. The summed E-state index contributed by atoms with van der Waals surface area (Å²) in [6.07, 6.45) is 4.55. The number of rotatable bonds is 11. The Morgan fingerprint density at radius 3 is 2.28 bits per heavy atom. The summed E-state index contributed by atoms with van der Waals surface area (Å²) in [6.45, 7) is 12.5. The fourth-order valence-corrected chi connectivity index (χ4v) is 7.28. The van der Waals surface area contributed by atoms with Crippen molar-refractivity contribution in [2.24, 2.45) is 9.98 Å². The molecule has 0 N–H and O–H groups in total. The number of methoxy groups -OCH3 is 1. The number of thioether (sulfide) groups is 1. The van der Waals surface area contributed by atoms with Crippen molar-refractivity contribution in [3.63, 3.8) is 0 Å². The number of ether oxygens (including phenoxy) is 4. The van der Waals surface area contributed by atoms with E-state index in [4.69, 9.17) is 18.9 Å². The van der Waals surface area contributed by atoms with E-state index in [0.717, 1.165) is 4.90 Å². The highest BCUT2D eigenvalue weighted by Gasteiger charge is 2.44. The van der Waals surface area contributed by atoms with Crippen LogP contribution in [0.3, 0.4) is 0 Å². The van der Waals surface area contributed by atoms with Crippen LogP contribution in [0.5, 0.6) is 23.0 Å².